The fourth-order valence-electron chi connectivity index (χ4n) is 1.02. The van der Waals surface area contributed by atoms with Gasteiger partial charge >= 0.3 is 0 Å². The summed E-state index contributed by atoms with van der Waals surface area (Å²) in [5, 5.41) is 7.41. The summed E-state index contributed by atoms with van der Waals surface area (Å²) in [6.45, 7) is 1.92. The standard InChI is InChI=1S/C8H10N2O2/c1-2-6-9-10-8(12-6)7(11)5-3-4-5/h5H,2-4H2,1H3. The predicted octanol–water partition coefficient (Wildman–Crippen LogP) is 1.22. The Morgan fingerprint density at radius 1 is 1.58 bits per heavy atom. The molecule has 0 saturated heterocycles. The van der Waals surface area contributed by atoms with Gasteiger partial charge in [-0.15, -0.1) is 10.2 Å². The summed E-state index contributed by atoms with van der Waals surface area (Å²) in [4.78, 5) is 11.3. The fourth-order valence-corrected chi connectivity index (χ4v) is 1.02. The van der Waals surface area contributed by atoms with Crippen molar-refractivity contribution in [3.63, 3.8) is 0 Å². The zero-order chi connectivity index (χ0) is 8.55. The van der Waals surface area contributed by atoms with Gasteiger partial charge in [0.05, 0.1) is 0 Å². The van der Waals surface area contributed by atoms with E-state index in [4.69, 9.17) is 4.42 Å². The zero-order valence-electron chi connectivity index (χ0n) is 6.91. The molecule has 0 N–H and O–H groups in total. The summed E-state index contributed by atoms with van der Waals surface area (Å²) in [6.07, 6.45) is 2.64. The first-order valence-electron chi connectivity index (χ1n) is 4.18. The van der Waals surface area contributed by atoms with Crippen molar-refractivity contribution in [3.05, 3.63) is 11.8 Å². The molecule has 0 spiro atoms. The van der Waals surface area contributed by atoms with Gasteiger partial charge in [0.25, 0.3) is 5.89 Å². The van der Waals surface area contributed by atoms with Gasteiger partial charge in [-0.2, -0.15) is 0 Å². The molecule has 4 heteroatoms. The molecule has 64 valence electrons. The molecule has 1 aliphatic carbocycles. The van der Waals surface area contributed by atoms with Crippen LogP contribution in [0.1, 0.15) is 36.3 Å². The molecule has 0 amide bonds. The smallest absolute Gasteiger partial charge is 0.284 e. The van der Waals surface area contributed by atoms with Gasteiger partial charge in [0, 0.05) is 12.3 Å². The number of rotatable bonds is 3. The minimum Gasteiger partial charge on any atom is -0.418 e. The second kappa shape index (κ2) is 2.69. The molecule has 0 atom stereocenters. The number of carbonyl (C=O) groups excluding carboxylic acids is 1. The summed E-state index contributed by atoms with van der Waals surface area (Å²) in [5.74, 6) is 0.908. The highest BCUT2D eigenvalue weighted by atomic mass is 16.4. The van der Waals surface area contributed by atoms with E-state index >= 15 is 0 Å². The first kappa shape index (κ1) is 7.46. The molecule has 1 aliphatic rings. The molecule has 0 aromatic carbocycles. The van der Waals surface area contributed by atoms with Crippen LogP contribution in [-0.2, 0) is 6.42 Å². The molecular weight excluding hydrogens is 156 g/mol. The van der Waals surface area contributed by atoms with Crippen molar-refractivity contribution >= 4 is 5.78 Å². The highest BCUT2D eigenvalue weighted by Crippen LogP contribution is 2.32. The number of nitrogens with zero attached hydrogens (tertiary/aromatic N) is 2. The Morgan fingerprint density at radius 2 is 2.33 bits per heavy atom. The van der Waals surface area contributed by atoms with Gasteiger partial charge in [-0.1, -0.05) is 6.92 Å². The van der Waals surface area contributed by atoms with Gasteiger partial charge < -0.3 is 4.42 Å². The van der Waals surface area contributed by atoms with Gasteiger partial charge in [-0.25, -0.2) is 0 Å². The highest BCUT2D eigenvalue weighted by Gasteiger charge is 2.33. The topological polar surface area (TPSA) is 56.0 Å². The van der Waals surface area contributed by atoms with Gasteiger partial charge in [0.2, 0.25) is 11.7 Å². The van der Waals surface area contributed by atoms with Crippen molar-refractivity contribution in [2.75, 3.05) is 0 Å². The van der Waals surface area contributed by atoms with Crippen LogP contribution in [0.5, 0.6) is 0 Å². The number of carbonyl (C=O) groups is 1. The number of aryl methyl sites for hydroxylation is 1. The molecule has 1 aromatic rings. The van der Waals surface area contributed by atoms with Crippen LogP contribution in [0.25, 0.3) is 0 Å². The monoisotopic (exact) mass is 166 g/mol. The van der Waals surface area contributed by atoms with Gasteiger partial charge in [0.1, 0.15) is 0 Å². The van der Waals surface area contributed by atoms with Crippen molar-refractivity contribution in [1.29, 1.82) is 0 Å². The Morgan fingerprint density at radius 3 is 2.83 bits per heavy atom. The Balaban J connectivity index is 2.16. The second-order valence-electron chi connectivity index (χ2n) is 2.99. The molecule has 1 saturated carbocycles. The molecule has 0 aliphatic heterocycles. The molecule has 12 heavy (non-hydrogen) atoms. The van der Waals surface area contributed by atoms with E-state index in [1.54, 1.807) is 0 Å². The van der Waals surface area contributed by atoms with Crippen LogP contribution >= 0.6 is 0 Å². The highest BCUT2D eigenvalue weighted by molar-refractivity contribution is 5.95. The molecule has 0 radical (unpaired) electrons. The van der Waals surface area contributed by atoms with E-state index in [9.17, 15) is 4.79 Å². The molecule has 0 unspecified atom stereocenters. The number of hydrogen-bond donors (Lipinski definition) is 0. The molecule has 4 nitrogen and oxygen atoms in total. The normalized spacial score (nSPS) is 16.4. The molecule has 0 bridgehead atoms. The summed E-state index contributed by atoms with van der Waals surface area (Å²) in [5.41, 5.74) is 0. The Hall–Kier alpha value is -1.19. The molecular formula is C8H10N2O2. The molecule has 1 aromatic heterocycles. The number of aromatic nitrogens is 2. The lowest BCUT2D eigenvalue weighted by Gasteiger charge is -1.87. The lowest BCUT2D eigenvalue weighted by molar-refractivity contribution is 0.0932. The Kier molecular flexibility index (Phi) is 1.67. The summed E-state index contributed by atoms with van der Waals surface area (Å²) < 4.78 is 5.12. The summed E-state index contributed by atoms with van der Waals surface area (Å²) >= 11 is 0. The van der Waals surface area contributed by atoms with Crippen LogP contribution in [-0.4, -0.2) is 16.0 Å². The van der Waals surface area contributed by atoms with Gasteiger partial charge in [0.15, 0.2) is 0 Å². The van der Waals surface area contributed by atoms with Crippen molar-refractivity contribution in [1.82, 2.24) is 10.2 Å². The Labute approximate surface area is 70.0 Å². The van der Waals surface area contributed by atoms with E-state index in [-0.39, 0.29) is 17.6 Å². The van der Waals surface area contributed by atoms with Crippen molar-refractivity contribution in [2.45, 2.75) is 26.2 Å². The van der Waals surface area contributed by atoms with Crippen molar-refractivity contribution in [3.8, 4) is 0 Å². The van der Waals surface area contributed by atoms with E-state index in [0.717, 1.165) is 12.8 Å². The van der Waals surface area contributed by atoms with Crippen LogP contribution in [0.4, 0.5) is 0 Å². The molecule has 2 rings (SSSR count). The van der Waals surface area contributed by atoms with Crippen LogP contribution in [0.15, 0.2) is 4.42 Å². The largest absolute Gasteiger partial charge is 0.418 e. The average Bonchev–Trinajstić information content (AvgIpc) is 2.82. The summed E-state index contributed by atoms with van der Waals surface area (Å²) in [7, 11) is 0. The third kappa shape index (κ3) is 1.24. The van der Waals surface area contributed by atoms with Crippen molar-refractivity contribution in [2.24, 2.45) is 5.92 Å². The zero-order valence-corrected chi connectivity index (χ0v) is 6.91. The number of ketones is 1. The van der Waals surface area contributed by atoms with Crippen LogP contribution in [0.2, 0.25) is 0 Å². The predicted molar refractivity (Wildman–Crippen MR) is 40.7 cm³/mol. The van der Waals surface area contributed by atoms with Crippen LogP contribution < -0.4 is 0 Å². The summed E-state index contributed by atoms with van der Waals surface area (Å²) in [6, 6.07) is 0. The average molecular weight is 166 g/mol. The quantitative estimate of drug-likeness (QED) is 0.633. The van der Waals surface area contributed by atoms with E-state index in [2.05, 4.69) is 10.2 Å². The first-order valence-corrected chi connectivity index (χ1v) is 4.18. The maximum Gasteiger partial charge on any atom is 0.284 e. The van der Waals surface area contributed by atoms with E-state index < -0.39 is 0 Å². The lowest BCUT2D eigenvalue weighted by atomic mass is 10.3. The van der Waals surface area contributed by atoms with Gasteiger partial charge in [-0.3, -0.25) is 4.79 Å². The van der Waals surface area contributed by atoms with E-state index in [1.165, 1.54) is 0 Å². The maximum absolute atomic E-state index is 11.3. The molecule has 1 heterocycles. The van der Waals surface area contributed by atoms with Crippen LogP contribution in [0.3, 0.4) is 0 Å². The Bertz CT molecular complexity index is 302. The third-order valence-electron chi connectivity index (χ3n) is 1.93. The number of hydrogen-bond acceptors (Lipinski definition) is 4. The third-order valence-corrected chi connectivity index (χ3v) is 1.93. The minimum atomic E-state index is 0.0159. The first-order chi connectivity index (χ1) is 5.81. The van der Waals surface area contributed by atoms with E-state index in [0.29, 0.717) is 12.3 Å². The molecule has 1 fully saturated rings. The number of Topliss-reactive ketones (excluding diaryl/α,β-unsaturated/α-hetero) is 1. The maximum atomic E-state index is 11.3. The second-order valence-corrected chi connectivity index (χ2v) is 2.99. The van der Waals surface area contributed by atoms with Crippen LogP contribution in [0, 0.1) is 5.92 Å². The lowest BCUT2D eigenvalue weighted by Crippen LogP contribution is -2.01. The van der Waals surface area contributed by atoms with E-state index in [1.807, 2.05) is 6.92 Å². The van der Waals surface area contributed by atoms with Gasteiger partial charge in [-0.05, 0) is 12.8 Å². The fraction of sp³-hybridized carbons (Fsp3) is 0.625. The van der Waals surface area contributed by atoms with Crippen molar-refractivity contribution < 1.29 is 9.21 Å². The minimum absolute atomic E-state index is 0.0159. The SMILES string of the molecule is CCc1nnc(C(=O)C2CC2)o1.